The molecule has 0 saturated carbocycles. The lowest BCUT2D eigenvalue weighted by Gasteiger charge is -2.33. The zero-order chi connectivity index (χ0) is 27.9. The van der Waals surface area contributed by atoms with Crippen LogP contribution in [0.15, 0.2) is 72.8 Å². The van der Waals surface area contributed by atoms with Gasteiger partial charge in [-0.2, -0.15) is 0 Å². The largest absolute Gasteiger partial charge is 0.355 e. The molecule has 0 saturated heterocycles. The van der Waals surface area contributed by atoms with Gasteiger partial charge in [0.15, 0.2) is 0 Å². The maximum atomic E-state index is 14.7. The van der Waals surface area contributed by atoms with Gasteiger partial charge >= 0.3 is 0 Å². The number of amides is 2. The second kappa shape index (κ2) is 13.1. The number of carbonyl (C=O) groups excluding carboxylic acids is 2. The Morgan fingerprint density at radius 3 is 2.26 bits per heavy atom. The van der Waals surface area contributed by atoms with E-state index < -0.39 is 40.2 Å². The normalized spacial score (nSPS) is 12.0. The second-order valence-electron chi connectivity index (χ2n) is 8.56. The third-order valence-corrected chi connectivity index (χ3v) is 7.74. The van der Waals surface area contributed by atoms with Crippen molar-refractivity contribution in [2.45, 2.75) is 25.9 Å². The highest BCUT2D eigenvalue weighted by Gasteiger charge is 2.33. The minimum atomic E-state index is -4.01. The third-order valence-electron chi connectivity index (χ3n) is 5.80. The molecule has 0 unspecified atom stereocenters. The highest BCUT2D eigenvalue weighted by molar-refractivity contribution is 7.92. The molecule has 3 aromatic rings. The summed E-state index contributed by atoms with van der Waals surface area (Å²) in [6.07, 6.45) is 1.06. The predicted molar refractivity (Wildman–Crippen MR) is 148 cm³/mol. The number of hydrogen-bond donors (Lipinski definition) is 1. The Kier molecular flexibility index (Phi) is 10.1. The first-order chi connectivity index (χ1) is 18.0. The molecule has 7 nitrogen and oxygen atoms in total. The van der Waals surface area contributed by atoms with Crippen LogP contribution in [0.4, 0.5) is 10.1 Å². The molecule has 0 spiro atoms. The van der Waals surface area contributed by atoms with E-state index in [1.807, 2.05) is 18.2 Å². The summed E-state index contributed by atoms with van der Waals surface area (Å²) in [6.45, 7) is 1.10. The summed E-state index contributed by atoms with van der Waals surface area (Å²) in [7, 11) is -4.01. The van der Waals surface area contributed by atoms with E-state index in [0.29, 0.717) is 6.54 Å². The van der Waals surface area contributed by atoms with Crippen molar-refractivity contribution in [3.63, 3.8) is 0 Å². The van der Waals surface area contributed by atoms with Crippen molar-refractivity contribution >= 4 is 50.7 Å². The molecule has 0 radical (unpaired) electrons. The van der Waals surface area contributed by atoms with Crippen molar-refractivity contribution in [2.75, 3.05) is 23.7 Å². The second-order valence-corrected chi connectivity index (χ2v) is 11.2. The number of likely N-dealkylation sites (N-methyl/N-ethyl adjacent to an activating group) is 1. The Morgan fingerprint density at radius 1 is 0.974 bits per heavy atom. The fourth-order valence-corrected chi connectivity index (χ4v) is 5.24. The summed E-state index contributed by atoms with van der Waals surface area (Å²) in [5.74, 6) is -1.73. The minimum absolute atomic E-state index is 0.0125. The van der Waals surface area contributed by atoms with E-state index >= 15 is 0 Å². The molecule has 1 N–H and O–H groups in total. The number of anilines is 1. The van der Waals surface area contributed by atoms with Gasteiger partial charge in [-0.15, -0.1) is 0 Å². The van der Waals surface area contributed by atoms with Crippen molar-refractivity contribution in [1.82, 2.24) is 10.2 Å². The molecule has 3 rings (SSSR count). The summed E-state index contributed by atoms with van der Waals surface area (Å²) < 4.78 is 41.1. The number of carbonyl (C=O) groups is 2. The lowest BCUT2D eigenvalue weighted by molar-refractivity contribution is -0.140. The van der Waals surface area contributed by atoms with Crippen molar-refractivity contribution in [1.29, 1.82) is 0 Å². The number of sulfonamides is 1. The predicted octanol–water partition coefficient (Wildman–Crippen LogP) is 4.67. The highest BCUT2D eigenvalue weighted by atomic mass is 35.5. The fraction of sp³-hybridized carbons (Fsp3) is 0.259. The van der Waals surface area contributed by atoms with Gasteiger partial charge < -0.3 is 10.2 Å². The number of hydrogen-bond acceptors (Lipinski definition) is 4. The fourth-order valence-electron chi connectivity index (χ4n) is 3.94. The molecule has 1 atom stereocenters. The van der Waals surface area contributed by atoms with Gasteiger partial charge in [-0.05, 0) is 30.7 Å². The molecule has 11 heteroatoms. The molecule has 3 aromatic carbocycles. The smallest absolute Gasteiger partial charge is 0.244 e. The van der Waals surface area contributed by atoms with E-state index in [0.717, 1.165) is 16.1 Å². The first kappa shape index (κ1) is 29.4. The zero-order valence-corrected chi connectivity index (χ0v) is 23.2. The van der Waals surface area contributed by atoms with Crippen LogP contribution in [0.5, 0.6) is 0 Å². The third kappa shape index (κ3) is 7.46. The standard InChI is InChI=1S/C27H28Cl2FN3O4S/c1-3-31-27(35)24(16-19-10-5-4-6-11-19)32(17-20-12-7-8-14-22(20)30)25(34)18-33(38(2,36)37)23-15-9-13-21(28)26(23)29/h4-15,24H,3,16-18H2,1-2H3,(H,31,35)/t24-/m1/s1. The maximum absolute atomic E-state index is 14.7. The van der Waals surface area contributed by atoms with Crippen LogP contribution in [0.25, 0.3) is 0 Å². The number of benzene rings is 3. The van der Waals surface area contributed by atoms with E-state index in [2.05, 4.69) is 5.32 Å². The molecule has 0 aliphatic carbocycles. The Labute approximate surface area is 232 Å². The van der Waals surface area contributed by atoms with Crippen LogP contribution in [0, 0.1) is 5.82 Å². The number of rotatable bonds is 11. The molecule has 0 bridgehead atoms. The molecule has 0 fully saturated rings. The molecule has 0 aliphatic heterocycles. The monoisotopic (exact) mass is 579 g/mol. The Hall–Kier alpha value is -3.14. The van der Waals surface area contributed by atoms with E-state index in [9.17, 15) is 22.4 Å². The zero-order valence-electron chi connectivity index (χ0n) is 20.9. The minimum Gasteiger partial charge on any atom is -0.355 e. The van der Waals surface area contributed by atoms with Gasteiger partial charge in [0, 0.05) is 25.1 Å². The topological polar surface area (TPSA) is 86.8 Å². The van der Waals surface area contributed by atoms with Crippen molar-refractivity contribution in [3.05, 3.63) is 99.8 Å². The number of nitrogens with zero attached hydrogens (tertiary/aromatic N) is 2. The SMILES string of the molecule is CCNC(=O)[C@@H](Cc1ccccc1)N(Cc1ccccc1F)C(=O)CN(c1cccc(Cl)c1Cl)S(C)(=O)=O. The van der Waals surface area contributed by atoms with Crippen LogP contribution >= 0.6 is 23.2 Å². The average Bonchev–Trinajstić information content (AvgIpc) is 2.87. The lowest BCUT2D eigenvalue weighted by atomic mass is 10.0. The molecular formula is C27H28Cl2FN3O4S. The van der Waals surface area contributed by atoms with E-state index in [1.165, 1.54) is 41.3 Å². The van der Waals surface area contributed by atoms with Crippen LogP contribution < -0.4 is 9.62 Å². The summed E-state index contributed by atoms with van der Waals surface area (Å²) in [6, 6.07) is 18.3. The lowest BCUT2D eigenvalue weighted by Crippen LogP contribution is -2.53. The van der Waals surface area contributed by atoms with Crippen LogP contribution in [0.1, 0.15) is 18.1 Å². The molecule has 2 amide bonds. The van der Waals surface area contributed by atoms with Crippen molar-refractivity contribution in [3.8, 4) is 0 Å². The maximum Gasteiger partial charge on any atom is 0.244 e. The average molecular weight is 581 g/mol. The van der Waals surface area contributed by atoms with Crippen LogP contribution in [0.2, 0.25) is 10.0 Å². The van der Waals surface area contributed by atoms with E-state index in [-0.39, 0.29) is 34.3 Å². The summed E-state index contributed by atoms with van der Waals surface area (Å²) >= 11 is 12.4. The highest BCUT2D eigenvalue weighted by Crippen LogP contribution is 2.34. The summed E-state index contributed by atoms with van der Waals surface area (Å²) in [5.41, 5.74) is 0.960. The molecule has 0 aliphatic rings. The first-order valence-electron chi connectivity index (χ1n) is 11.8. The van der Waals surface area contributed by atoms with Gasteiger partial charge in [0.25, 0.3) is 0 Å². The molecule has 202 valence electrons. The van der Waals surface area contributed by atoms with Gasteiger partial charge in [0.05, 0.1) is 22.0 Å². The van der Waals surface area contributed by atoms with Gasteiger partial charge in [-0.25, -0.2) is 12.8 Å². The molecule has 0 aromatic heterocycles. The molecule has 0 heterocycles. The molecular weight excluding hydrogens is 552 g/mol. The summed E-state index contributed by atoms with van der Waals surface area (Å²) in [5, 5.41) is 2.80. The van der Waals surface area contributed by atoms with Gasteiger partial charge in [-0.1, -0.05) is 77.8 Å². The number of halogens is 3. The summed E-state index contributed by atoms with van der Waals surface area (Å²) in [4.78, 5) is 28.3. The van der Waals surface area contributed by atoms with Crippen molar-refractivity contribution < 1.29 is 22.4 Å². The quantitative estimate of drug-likeness (QED) is 0.357. The Morgan fingerprint density at radius 2 is 1.63 bits per heavy atom. The Bertz CT molecular complexity index is 1390. The van der Waals surface area contributed by atoms with Crippen LogP contribution in [-0.4, -0.2) is 50.5 Å². The van der Waals surface area contributed by atoms with Crippen LogP contribution in [0.3, 0.4) is 0 Å². The molecule has 38 heavy (non-hydrogen) atoms. The van der Waals surface area contributed by atoms with Gasteiger partial charge in [0.2, 0.25) is 21.8 Å². The van der Waals surface area contributed by atoms with Gasteiger partial charge in [-0.3, -0.25) is 13.9 Å². The van der Waals surface area contributed by atoms with Crippen LogP contribution in [-0.2, 0) is 32.6 Å². The first-order valence-corrected chi connectivity index (χ1v) is 14.4. The Balaban J connectivity index is 2.08. The van der Waals surface area contributed by atoms with E-state index in [4.69, 9.17) is 23.2 Å². The van der Waals surface area contributed by atoms with Crippen molar-refractivity contribution in [2.24, 2.45) is 0 Å². The van der Waals surface area contributed by atoms with Gasteiger partial charge in [0.1, 0.15) is 18.4 Å². The number of nitrogens with one attached hydrogen (secondary N) is 1. The van der Waals surface area contributed by atoms with E-state index in [1.54, 1.807) is 25.1 Å².